The first-order valence-corrected chi connectivity index (χ1v) is 7.15. The highest BCUT2D eigenvalue weighted by Gasteiger charge is 2.46. The summed E-state index contributed by atoms with van der Waals surface area (Å²) >= 11 is 0. The third kappa shape index (κ3) is 2.82. The molecule has 3 atom stereocenters. The topological polar surface area (TPSA) is 38.8 Å². The highest BCUT2D eigenvalue weighted by Crippen LogP contribution is 2.39. The highest BCUT2D eigenvalue weighted by atomic mass is 16.6. The number of carbonyl (C=O) groups excluding carboxylic acids is 1. The van der Waals surface area contributed by atoms with E-state index in [1.54, 1.807) is 0 Å². The number of ether oxygens (including phenoxy) is 2. The molecule has 0 bridgehead atoms. The summed E-state index contributed by atoms with van der Waals surface area (Å²) in [7, 11) is 0. The van der Waals surface area contributed by atoms with Crippen LogP contribution in [0.15, 0.2) is 0 Å². The van der Waals surface area contributed by atoms with E-state index in [2.05, 4.69) is 0 Å². The Morgan fingerprint density at radius 2 is 1.88 bits per heavy atom. The quantitative estimate of drug-likeness (QED) is 0.560. The van der Waals surface area contributed by atoms with E-state index in [1.807, 2.05) is 0 Å². The molecule has 3 fully saturated rings. The van der Waals surface area contributed by atoms with Crippen LogP contribution in [0.25, 0.3) is 0 Å². The fraction of sp³-hybridized carbons (Fsp3) is 0.929. The van der Waals surface area contributed by atoms with Gasteiger partial charge in [-0.15, -0.1) is 0 Å². The van der Waals surface area contributed by atoms with Crippen LogP contribution in [0.5, 0.6) is 0 Å². The third-order valence-electron chi connectivity index (χ3n) is 4.52. The second-order valence-electron chi connectivity index (χ2n) is 5.86. The van der Waals surface area contributed by atoms with Gasteiger partial charge in [-0.3, -0.25) is 4.79 Å². The van der Waals surface area contributed by atoms with Gasteiger partial charge in [0.05, 0.1) is 24.7 Å². The van der Waals surface area contributed by atoms with Gasteiger partial charge in [0, 0.05) is 0 Å². The molecule has 0 amide bonds. The number of epoxide rings is 1. The van der Waals surface area contributed by atoms with E-state index in [1.165, 1.54) is 32.1 Å². The van der Waals surface area contributed by atoms with Crippen molar-refractivity contribution in [2.45, 2.75) is 63.6 Å². The van der Waals surface area contributed by atoms with Gasteiger partial charge in [-0.2, -0.15) is 0 Å². The zero-order valence-corrected chi connectivity index (χ0v) is 10.4. The smallest absolute Gasteiger partial charge is 0.309 e. The molecule has 3 heteroatoms. The van der Waals surface area contributed by atoms with Crippen molar-refractivity contribution >= 4 is 5.97 Å². The van der Waals surface area contributed by atoms with Gasteiger partial charge in [0.2, 0.25) is 0 Å². The van der Waals surface area contributed by atoms with Crippen LogP contribution in [-0.2, 0) is 14.3 Å². The third-order valence-corrected chi connectivity index (χ3v) is 4.52. The lowest BCUT2D eigenvalue weighted by Gasteiger charge is -2.23. The first-order valence-electron chi connectivity index (χ1n) is 7.15. The van der Waals surface area contributed by atoms with Crippen LogP contribution >= 0.6 is 0 Å². The molecule has 0 aromatic rings. The Balaban J connectivity index is 1.40. The van der Waals surface area contributed by atoms with Gasteiger partial charge in [-0.05, 0) is 38.0 Å². The zero-order chi connectivity index (χ0) is 11.7. The monoisotopic (exact) mass is 238 g/mol. The van der Waals surface area contributed by atoms with E-state index in [4.69, 9.17) is 9.47 Å². The van der Waals surface area contributed by atoms with Crippen molar-refractivity contribution in [3.63, 3.8) is 0 Å². The second kappa shape index (κ2) is 4.97. The van der Waals surface area contributed by atoms with Gasteiger partial charge in [0.15, 0.2) is 0 Å². The normalized spacial score (nSPS) is 37.3. The lowest BCUT2D eigenvalue weighted by Crippen LogP contribution is -2.26. The molecule has 0 aromatic heterocycles. The van der Waals surface area contributed by atoms with E-state index in [0.29, 0.717) is 24.7 Å². The molecule has 3 unspecified atom stereocenters. The summed E-state index contributed by atoms with van der Waals surface area (Å²) in [5, 5.41) is 0. The van der Waals surface area contributed by atoms with Gasteiger partial charge in [0.1, 0.15) is 0 Å². The maximum Gasteiger partial charge on any atom is 0.309 e. The molecule has 3 nitrogen and oxygen atoms in total. The Morgan fingerprint density at radius 3 is 2.65 bits per heavy atom. The number of carbonyl (C=O) groups is 1. The molecule has 0 radical (unpaired) electrons. The highest BCUT2D eigenvalue weighted by molar-refractivity contribution is 5.72. The summed E-state index contributed by atoms with van der Waals surface area (Å²) in [6.07, 6.45) is 10.2. The Bertz CT molecular complexity index is 283. The van der Waals surface area contributed by atoms with Crippen LogP contribution in [0.3, 0.4) is 0 Å². The summed E-state index contributed by atoms with van der Waals surface area (Å²) in [6.45, 7) is 0.657. The molecule has 96 valence electrons. The predicted molar refractivity (Wildman–Crippen MR) is 63.5 cm³/mol. The fourth-order valence-corrected chi connectivity index (χ4v) is 3.29. The van der Waals surface area contributed by atoms with E-state index < -0.39 is 0 Å². The lowest BCUT2D eigenvalue weighted by molar-refractivity contribution is -0.151. The molecule has 0 spiro atoms. The van der Waals surface area contributed by atoms with Gasteiger partial charge in [-0.25, -0.2) is 0 Å². The minimum Gasteiger partial charge on any atom is -0.465 e. The minimum absolute atomic E-state index is 0.0320. The van der Waals surface area contributed by atoms with E-state index >= 15 is 0 Å². The Hall–Kier alpha value is -0.570. The van der Waals surface area contributed by atoms with Crippen LogP contribution in [0.1, 0.15) is 51.4 Å². The predicted octanol–water partition coefficient (Wildman–Crippen LogP) is 2.68. The van der Waals surface area contributed by atoms with Gasteiger partial charge < -0.3 is 9.47 Å². The maximum absolute atomic E-state index is 11.9. The van der Waals surface area contributed by atoms with Crippen LogP contribution < -0.4 is 0 Å². The molecule has 2 saturated carbocycles. The van der Waals surface area contributed by atoms with Gasteiger partial charge in [0.25, 0.3) is 0 Å². The summed E-state index contributed by atoms with van der Waals surface area (Å²) in [5.41, 5.74) is 0. The number of hydrogen-bond donors (Lipinski definition) is 0. The van der Waals surface area contributed by atoms with Gasteiger partial charge in [-0.1, -0.05) is 19.3 Å². The van der Waals surface area contributed by atoms with Crippen molar-refractivity contribution < 1.29 is 14.3 Å². The van der Waals surface area contributed by atoms with Crippen molar-refractivity contribution in [2.24, 2.45) is 11.8 Å². The Labute approximate surface area is 103 Å². The van der Waals surface area contributed by atoms with E-state index in [0.717, 1.165) is 19.3 Å². The number of rotatable bonds is 3. The van der Waals surface area contributed by atoms with Crippen molar-refractivity contribution in [1.82, 2.24) is 0 Å². The first-order chi connectivity index (χ1) is 8.33. The molecule has 3 aliphatic rings. The van der Waals surface area contributed by atoms with Crippen LogP contribution in [0, 0.1) is 11.8 Å². The molecule has 17 heavy (non-hydrogen) atoms. The van der Waals surface area contributed by atoms with E-state index in [-0.39, 0.29) is 11.9 Å². The van der Waals surface area contributed by atoms with Crippen molar-refractivity contribution in [1.29, 1.82) is 0 Å². The molecule has 1 saturated heterocycles. The average Bonchev–Trinajstić information content (AvgIpc) is 3.15. The second-order valence-corrected chi connectivity index (χ2v) is 5.86. The Kier molecular flexibility index (Phi) is 3.37. The Morgan fingerprint density at radius 1 is 1.06 bits per heavy atom. The molecule has 0 aromatic carbocycles. The SMILES string of the molecule is O=C(OCC1CCCCC1)C1CCC2OC2C1. The summed E-state index contributed by atoms with van der Waals surface area (Å²) in [4.78, 5) is 11.9. The minimum atomic E-state index is 0.0320. The van der Waals surface area contributed by atoms with E-state index in [9.17, 15) is 4.79 Å². The van der Waals surface area contributed by atoms with Crippen molar-refractivity contribution in [3.8, 4) is 0 Å². The van der Waals surface area contributed by atoms with Crippen LogP contribution in [0.2, 0.25) is 0 Å². The molecule has 3 rings (SSSR count). The molecule has 2 aliphatic carbocycles. The van der Waals surface area contributed by atoms with Gasteiger partial charge >= 0.3 is 5.97 Å². The molecule has 0 N–H and O–H groups in total. The summed E-state index contributed by atoms with van der Waals surface area (Å²) in [5.74, 6) is 0.771. The summed E-state index contributed by atoms with van der Waals surface area (Å²) < 4.78 is 10.9. The average molecular weight is 238 g/mol. The molecule has 1 heterocycles. The molecular formula is C14H22O3. The number of hydrogen-bond acceptors (Lipinski definition) is 3. The summed E-state index contributed by atoms with van der Waals surface area (Å²) in [6, 6.07) is 0. The van der Waals surface area contributed by atoms with Crippen molar-refractivity contribution in [3.05, 3.63) is 0 Å². The molecule has 1 aliphatic heterocycles. The first kappa shape index (κ1) is 11.5. The maximum atomic E-state index is 11.9. The van der Waals surface area contributed by atoms with Crippen LogP contribution in [-0.4, -0.2) is 24.8 Å². The standard InChI is InChI=1S/C14H22O3/c15-14(11-6-7-12-13(8-11)17-12)16-9-10-4-2-1-3-5-10/h10-13H,1-9H2. The zero-order valence-electron chi connectivity index (χ0n) is 10.4. The number of fused-ring (bicyclic) bond motifs is 1. The fourth-order valence-electron chi connectivity index (χ4n) is 3.29. The lowest BCUT2D eigenvalue weighted by atomic mass is 9.89. The number of esters is 1. The van der Waals surface area contributed by atoms with Crippen LogP contribution in [0.4, 0.5) is 0 Å². The largest absolute Gasteiger partial charge is 0.465 e. The molecular weight excluding hydrogens is 216 g/mol. The van der Waals surface area contributed by atoms with Crippen molar-refractivity contribution in [2.75, 3.05) is 6.61 Å².